The quantitative estimate of drug-likeness (QED) is 0.856. The molecule has 0 unspecified atom stereocenters. The van der Waals surface area contributed by atoms with E-state index in [1.54, 1.807) is 0 Å². The molecule has 2 heterocycles. The Balaban J connectivity index is 0.00000243. The van der Waals surface area contributed by atoms with E-state index < -0.39 is 6.61 Å². The predicted molar refractivity (Wildman–Crippen MR) is 96.5 cm³/mol. The second-order valence-corrected chi connectivity index (χ2v) is 6.79. The number of carbonyl (C=O) groups is 1. The van der Waals surface area contributed by atoms with Crippen LogP contribution in [0.25, 0.3) is 0 Å². The Morgan fingerprint density at radius 3 is 2.38 bits per heavy atom. The number of rotatable bonds is 4. The maximum atomic E-state index is 12.7. The molecule has 2 aliphatic heterocycles. The number of likely N-dealkylation sites (tertiary alicyclic amines) is 1. The van der Waals surface area contributed by atoms with Crippen LogP contribution in [-0.4, -0.2) is 50.7 Å². The van der Waals surface area contributed by atoms with Gasteiger partial charge in [-0.25, -0.2) is 0 Å². The third kappa shape index (κ3) is 4.57. The monoisotopic (exact) mass is 390 g/mol. The van der Waals surface area contributed by atoms with Crippen molar-refractivity contribution in [3.05, 3.63) is 23.8 Å². The van der Waals surface area contributed by atoms with Crippen LogP contribution in [0.2, 0.25) is 0 Å². The van der Waals surface area contributed by atoms with Gasteiger partial charge in [-0.1, -0.05) is 0 Å². The first kappa shape index (κ1) is 20.7. The van der Waals surface area contributed by atoms with Crippen molar-refractivity contribution in [2.24, 2.45) is 5.41 Å². The second-order valence-electron chi connectivity index (χ2n) is 6.79. The molecule has 26 heavy (non-hydrogen) atoms. The van der Waals surface area contributed by atoms with Gasteiger partial charge >= 0.3 is 6.61 Å². The van der Waals surface area contributed by atoms with Crippen molar-refractivity contribution in [2.75, 3.05) is 33.3 Å². The highest BCUT2D eigenvalue weighted by Gasteiger charge is 2.36. The van der Waals surface area contributed by atoms with Gasteiger partial charge in [0, 0.05) is 18.7 Å². The molecule has 1 amide bonds. The molecule has 2 fully saturated rings. The number of benzene rings is 1. The molecule has 0 bridgehead atoms. The van der Waals surface area contributed by atoms with Crippen LogP contribution in [0, 0.1) is 5.41 Å². The Morgan fingerprint density at radius 2 is 1.81 bits per heavy atom. The van der Waals surface area contributed by atoms with Gasteiger partial charge in [0.1, 0.15) is 0 Å². The predicted octanol–water partition coefficient (Wildman–Crippen LogP) is 3.32. The number of alkyl halides is 2. The summed E-state index contributed by atoms with van der Waals surface area (Å²) in [6.07, 6.45) is 4.37. The Bertz CT molecular complexity index is 614. The number of nitrogens with one attached hydrogen (secondary N) is 1. The van der Waals surface area contributed by atoms with E-state index in [2.05, 4.69) is 10.1 Å². The molecule has 0 aliphatic carbocycles. The summed E-state index contributed by atoms with van der Waals surface area (Å²) in [5.74, 6) is -0.0231. The molecule has 0 radical (unpaired) electrons. The average Bonchev–Trinajstić information content (AvgIpc) is 2.62. The van der Waals surface area contributed by atoms with Crippen LogP contribution in [0.3, 0.4) is 0 Å². The van der Waals surface area contributed by atoms with Crippen molar-refractivity contribution in [1.82, 2.24) is 10.2 Å². The highest BCUT2D eigenvalue weighted by atomic mass is 35.5. The molecule has 5 nitrogen and oxygen atoms in total. The van der Waals surface area contributed by atoms with Crippen molar-refractivity contribution >= 4 is 18.3 Å². The van der Waals surface area contributed by atoms with Gasteiger partial charge < -0.3 is 19.7 Å². The van der Waals surface area contributed by atoms with Gasteiger partial charge in [0.2, 0.25) is 0 Å². The number of amides is 1. The summed E-state index contributed by atoms with van der Waals surface area (Å²) < 4.78 is 34.3. The summed E-state index contributed by atoms with van der Waals surface area (Å²) in [5, 5.41) is 3.39. The second kappa shape index (κ2) is 8.86. The van der Waals surface area contributed by atoms with Crippen LogP contribution in [0.15, 0.2) is 18.2 Å². The fourth-order valence-electron chi connectivity index (χ4n) is 3.82. The molecular formula is C18H25ClF2N2O3. The van der Waals surface area contributed by atoms with E-state index >= 15 is 0 Å². The maximum absolute atomic E-state index is 12.7. The Hall–Kier alpha value is -1.60. The minimum absolute atomic E-state index is 0. The van der Waals surface area contributed by atoms with Gasteiger partial charge in [-0.3, -0.25) is 4.79 Å². The zero-order chi connectivity index (χ0) is 17.9. The lowest BCUT2D eigenvalue weighted by molar-refractivity contribution is -0.0512. The molecule has 8 heteroatoms. The summed E-state index contributed by atoms with van der Waals surface area (Å²) >= 11 is 0. The minimum atomic E-state index is -2.93. The maximum Gasteiger partial charge on any atom is 0.387 e. The number of halogens is 3. The minimum Gasteiger partial charge on any atom is -0.493 e. The molecule has 1 aromatic rings. The van der Waals surface area contributed by atoms with Crippen molar-refractivity contribution in [3.63, 3.8) is 0 Å². The summed E-state index contributed by atoms with van der Waals surface area (Å²) in [7, 11) is 1.36. The third-order valence-corrected chi connectivity index (χ3v) is 5.40. The summed E-state index contributed by atoms with van der Waals surface area (Å²) in [4.78, 5) is 14.6. The topological polar surface area (TPSA) is 50.8 Å². The summed E-state index contributed by atoms with van der Waals surface area (Å²) in [6.45, 7) is 0.638. The van der Waals surface area contributed by atoms with Crippen molar-refractivity contribution < 1.29 is 23.0 Å². The van der Waals surface area contributed by atoms with Crippen LogP contribution < -0.4 is 14.8 Å². The van der Waals surface area contributed by atoms with Gasteiger partial charge in [0.25, 0.3) is 5.91 Å². The zero-order valence-corrected chi connectivity index (χ0v) is 15.6. The number of methoxy groups -OCH3 is 1. The molecule has 2 saturated heterocycles. The van der Waals surface area contributed by atoms with Crippen LogP contribution >= 0.6 is 12.4 Å². The van der Waals surface area contributed by atoms with E-state index in [4.69, 9.17) is 4.74 Å². The SMILES string of the molecule is COc1cc(C(=O)N2CCC3(CCNCC3)CC2)ccc1OC(F)F.Cl. The highest BCUT2D eigenvalue weighted by Crippen LogP contribution is 2.40. The van der Waals surface area contributed by atoms with Crippen LogP contribution in [-0.2, 0) is 0 Å². The zero-order valence-electron chi connectivity index (χ0n) is 14.8. The molecular weight excluding hydrogens is 366 g/mol. The smallest absolute Gasteiger partial charge is 0.387 e. The molecule has 1 spiro atoms. The van der Waals surface area contributed by atoms with E-state index in [0.717, 1.165) is 39.0 Å². The molecule has 0 aromatic heterocycles. The first-order valence-corrected chi connectivity index (χ1v) is 8.66. The molecule has 146 valence electrons. The standard InChI is InChI=1S/C18H24F2N2O3.ClH/c1-24-15-12-13(2-3-14(15)25-17(19)20)16(23)22-10-6-18(7-11-22)4-8-21-9-5-18;/h2-3,12,17,21H,4-11H2,1H3;1H. The highest BCUT2D eigenvalue weighted by molar-refractivity contribution is 5.95. The third-order valence-electron chi connectivity index (χ3n) is 5.40. The van der Waals surface area contributed by atoms with E-state index in [-0.39, 0.29) is 29.8 Å². The van der Waals surface area contributed by atoms with Crippen LogP contribution in [0.4, 0.5) is 8.78 Å². The lowest BCUT2D eigenvalue weighted by atomic mass is 9.71. The Kier molecular flexibility index (Phi) is 7.06. The van der Waals surface area contributed by atoms with Gasteiger partial charge in [-0.15, -0.1) is 12.4 Å². The molecule has 1 aromatic carbocycles. The fraction of sp³-hybridized carbons (Fsp3) is 0.611. The van der Waals surface area contributed by atoms with Crippen LogP contribution in [0.5, 0.6) is 11.5 Å². The fourth-order valence-corrected chi connectivity index (χ4v) is 3.82. The van der Waals surface area contributed by atoms with Crippen molar-refractivity contribution in [1.29, 1.82) is 0 Å². The number of carbonyl (C=O) groups excluding carboxylic acids is 1. The average molecular weight is 391 g/mol. The van der Waals surface area contributed by atoms with Gasteiger partial charge in [0.05, 0.1) is 7.11 Å². The molecule has 2 aliphatic rings. The number of nitrogens with zero attached hydrogens (tertiary/aromatic N) is 1. The van der Waals surface area contributed by atoms with Crippen molar-refractivity contribution in [2.45, 2.75) is 32.3 Å². The Morgan fingerprint density at radius 1 is 1.15 bits per heavy atom. The first-order chi connectivity index (χ1) is 12.0. The first-order valence-electron chi connectivity index (χ1n) is 8.66. The van der Waals surface area contributed by atoms with E-state index in [9.17, 15) is 13.6 Å². The van der Waals surface area contributed by atoms with E-state index in [0.29, 0.717) is 11.0 Å². The van der Waals surface area contributed by atoms with E-state index in [1.165, 1.54) is 38.2 Å². The Labute approximate surface area is 158 Å². The summed E-state index contributed by atoms with van der Waals surface area (Å²) in [5.41, 5.74) is 0.800. The molecule has 0 saturated carbocycles. The number of hydrogen-bond donors (Lipinski definition) is 1. The number of ether oxygens (including phenoxy) is 2. The van der Waals surface area contributed by atoms with Crippen molar-refractivity contribution in [3.8, 4) is 11.5 Å². The summed E-state index contributed by atoms with van der Waals surface area (Å²) in [6, 6.07) is 4.34. The lowest BCUT2D eigenvalue weighted by Crippen LogP contribution is -2.47. The van der Waals surface area contributed by atoms with Gasteiger partial charge in [-0.05, 0) is 62.4 Å². The van der Waals surface area contributed by atoms with Crippen LogP contribution in [0.1, 0.15) is 36.0 Å². The molecule has 3 rings (SSSR count). The largest absolute Gasteiger partial charge is 0.493 e. The molecule has 1 N–H and O–H groups in total. The normalized spacial score (nSPS) is 19.2. The van der Waals surface area contributed by atoms with Gasteiger partial charge in [-0.2, -0.15) is 8.78 Å². The molecule has 0 atom stereocenters. The number of piperidine rings is 2. The van der Waals surface area contributed by atoms with Gasteiger partial charge in [0.15, 0.2) is 11.5 Å². The number of hydrogen-bond acceptors (Lipinski definition) is 4. The lowest BCUT2D eigenvalue weighted by Gasteiger charge is -2.44. The van der Waals surface area contributed by atoms with E-state index in [1.807, 2.05) is 4.90 Å².